The average Bonchev–Trinajstić information content (AvgIpc) is 3.53. The van der Waals surface area contributed by atoms with Gasteiger partial charge in [-0.05, 0) is 51.7 Å². The molecule has 0 amide bonds. The van der Waals surface area contributed by atoms with Crippen LogP contribution in [0.5, 0.6) is 0 Å². The molecule has 0 saturated heterocycles. The van der Waals surface area contributed by atoms with E-state index in [1.165, 1.54) is 12.8 Å². The SMILES string of the molecule is CCn1c(-c2cnc(C)nc2)nc2c(-c3ccc4[nH]c(=O)n([C@@H](C)C5CC5)c4c3)ncnc21. The van der Waals surface area contributed by atoms with E-state index < -0.39 is 0 Å². The number of hydrogen-bond acceptors (Lipinski definition) is 6. The van der Waals surface area contributed by atoms with Crippen molar-refractivity contribution in [2.24, 2.45) is 5.92 Å². The molecule has 6 rings (SSSR count). The molecule has 9 nitrogen and oxygen atoms in total. The van der Waals surface area contributed by atoms with Crippen LogP contribution >= 0.6 is 0 Å². The second-order valence-electron chi connectivity index (χ2n) is 8.70. The third kappa shape index (κ3) is 3.14. The number of H-pyrrole nitrogens is 1. The molecule has 4 heterocycles. The summed E-state index contributed by atoms with van der Waals surface area (Å²) in [6.07, 6.45) is 7.49. The summed E-state index contributed by atoms with van der Waals surface area (Å²) in [5, 5.41) is 0. The first-order valence-electron chi connectivity index (χ1n) is 11.3. The minimum absolute atomic E-state index is 0.0636. The summed E-state index contributed by atoms with van der Waals surface area (Å²) >= 11 is 0. The molecule has 4 aromatic heterocycles. The van der Waals surface area contributed by atoms with Crippen LogP contribution in [-0.4, -0.2) is 39.0 Å². The summed E-state index contributed by atoms with van der Waals surface area (Å²) in [6.45, 7) is 6.74. The van der Waals surface area contributed by atoms with Gasteiger partial charge >= 0.3 is 5.69 Å². The van der Waals surface area contributed by atoms with E-state index in [-0.39, 0.29) is 11.7 Å². The zero-order valence-corrected chi connectivity index (χ0v) is 18.8. The van der Waals surface area contributed by atoms with Crippen LogP contribution in [0.2, 0.25) is 0 Å². The van der Waals surface area contributed by atoms with Gasteiger partial charge in [0.05, 0.1) is 16.6 Å². The third-order valence-corrected chi connectivity index (χ3v) is 6.59. The lowest BCUT2D eigenvalue weighted by molar-refractivity contribution is 0.485. The first-order chi connectivity index (χ1) is 16.0. The Morgan fingerprint density at radius 2 is 1.91 bits per heavy atom. The smallest absolute Gasteiger partial charge is 0.309 e. The summed E-state index contributed by atoms with van der Waals surface area (Å²) in [4.78, 5) is 38.4. The van der Waals surface area contributed by atoms with Crippen LogP contribution in [0.25, 0.3) is 44.8 Å². The van der Waals surface area contributed by atoms with Crippen molar-refractivity contribution >= 4 is 22.2 Å². The maximum atomic E-state index is 12.7. The Hall–Kier alpha value is -3.88. The van der Waals surface area contributed by atoms with E-state index in [1.807, 2.05) is 29.7 Å². The van der Waals surface area contributed by atoms with Gasteiger partial charge in [-0.1, -0.05) is 6.07 Å². The summed E-state index contributed by atoms with van der Waals surface area (Å²) in [5.41, 5.74) is 5.61. The van der Waals surface area contributed by atoms with Gasteiger partial charge in [-0.15, -0.1) is 0 Å². The van der Waals surface area contributed by atoms with Crippen LogP contribution in [-0.2, 0) is 6.54 Å². The van der Waals surface area contributed by atoms with Gasteiger partial charge < -0.3 is 9.55 Å². The number of benzene rings is 1. The summed E-state index contributed by atoms with van der Waals surface area (Å²) in [7, 11) is 0. The quantitative estimate of drug-likeness (QED) is 0.444. The molecule has 0 unspecified atom stereocenters. The van der Waals surface area contributed by atoms with E-state index in [4.69, 9.17) is 4.98 Å². The first-order valence-corrected chi connectivity index (χ1v) is 11.3. The molecule has 1 saturated carbocycles. The monoisotopic (exact) mass is 440 g/mol. The molecule has 0 radical (unpaired) electrons. The van der Waals surface area contributed by atoms with E-state index >= 15 is 0 Å². The zero-order valence-electron chi connectivity index (χ0n) is 18.8. The standard InChI is InChI=1S/C24H24N8O/c1-4-31-22(17-10-25-14(3)26-11-17)30-21-20(27-12-28-23(21)31)16-7-8-18-19(9-16)32(24(33)29-18)13(2)15-5-6-15/h7-13,15H,4-6H2,1-3H3,(H,29,33)/t13-/m0/s1. The maximum absolute atomic E-state index is 12.7. The van der Waals surface area contributed by atoms with E-state index in [2.05, 4.69) is 43.3 Å². The van der Waals surface area contributed by atoms with Crippen molar-refractivity contribution in [1.82, 2.24) is 39.0 Å². The molecule has 0 bridgehead atoms. The van der Waals surface area contributed by atoms with Crippen molar-refractivity contribution in [3.05, 3.63) is 53.2 Å². The summed E-state index contributed by atoms with van der Waals surface area (Å²) in [5.74, 6) is 2.04. The second-order valence-corrected chi connectivity index (χ2v) is 8.70. The van der Waals surface area contributed by atoms with Crippen molar-refractivity contribution in [1.29, 1.82) is 0 Å². The highest BCUT2D eigenvalue weighted by Gasteiger charge is 2.31. The molecule has 1 fully saturated rings. The lowest BCUT2D eigenvalue weighted by Gasteiger charge is -2.12. The number of rotatable bonds is 5. The number of fused-ring (bicyclic) bond motifs is 2. The number of aromatic nitrogens is 8. The Kier molecular flexibility index (Phi) is 4.39. The Bertz CT molecular complexity index is 1560. The third-order valence-electron chi connectivity index (χ3n) is 6.59. The van der Waals surface area contributed by atoms with Gasteiger partial charge in [0.1, 0.15) is 29.2 Å². The molecule has 1 aliphatic rings. The highest BCUT2D eigenvalue weighted by Crippen LogP contribution is 2.40. The highest BCUT2D eigenvalue weighted by atomic mass is 16.1. The van der Waals surface area contributed by atoms with Crippen LogP contribution in [0, 0.1) is 12.8 Å². The van der Waals surface area contributed by atoms with Crippen molar-refractivity contribution in [3.8, 4) is 22.6 Å². The van der Waals surface area contributed by atoms with Crippen molar-refractivity contribution in [2.45, 2.75) is 46.2 Å². The minimum atomic E-state index is -0.0636. The predicted octanol–water partition coefficient (Wildman–Crippen LogP) is 3.89. The Morgan fingerprint density at radius 1 is 1.12 bits per heavy atom. The fourth-order valence-corrected chi connectivity index (χ4v) is 4.64. The van der Waals surface area contributed by atoms with Gasteiger partial charge in [-0.25, -0.2) is 29.7 Å². The van der Waals surface area contributed by atoms with Crippen molar-refractivity contribution < 1.29 is 0 Å². The lowest BCUT2D eigenvalue weighted by Crippen LogP contribution is -2.21. The fourth-order valence-electron chi connectivity index (χ4n) is 4.64. The fraction of sp³-hybridized carbons (Fsp3) is 0.333. The predicted molar refractivity (Wildman–Crippen MR) is 126 cm³/mol. The topological polar surface area (TPSA) is 107 Å². The van der Waals surface area contributed by atoms with E-state index in [0.717, 1.165) is 39.3 Å². The highest BCUT2D eigenvalue weighted by molar-refractivity contribution is 5.92. The average molecular weight is 441 g/mol. The Morgan fingerprint density at radius 3 is 2.64 bits per heavy atom. The molecule has 1 aliphatic carbocycles. The van der Waals surface area contributed by atoms with Gasteiger partial charge in [0, 0.05) is 30.5 Å². The zero-order chi connectivity index (χ0) is 22.7. The number of aryl methyl sites for hydroxylation is 2. The summed E-state index contributed by atoms with van der Waals surface area (Å²) < 4.78 is 3.93. The van der Waals surface area contributed by atoms with Crippen LogP contribution in [0.3, 0.4) is 0 Å². The molecule has 1 N–H and O–H groups in total. The number of nitrogens with one attached hydrogen (secondary N) is 1. The lowest BCUT2D eigenvalue weighted by atomic mass is 10.1. The molecule has 1 aromatic carbocycles. The maximum Gasteiger partial charge on any atom is 0.326 e. The molecule has 5 aromatic rings. The normalized spacial score (nSPS) is 14.9. The van der Waals surface area contributed by atoms with Crippen molar-refractivity contribution in [3.63, 3.8) is 0 Å². The molecule has 1 atom stereocenters. The first kappa shape index (κ1) is 19.8. The Balaban J connectivity index is 1.55. The van der Waals surface area contributed by atoms with Crippen LogP contribution in [0.1, 0.15) is 38.6 Å². The molecular formula is C24H24N8O. The molecular weight excluding hydrogens is 416 g/mol. The number of aromatic amines is 1. The van der Waals surface area contributed by atoms with Crippen molar-refractivity contribution in [2.75, 3.05) is 0 Å². The molecule has 0 spiro atoms. The molecule has 166 valence electrons. The number of imidazole rings is 2. The number of hydrogen-bond donors (Lipinski definition) is 1. The largest absolute Gasteiger partial charge is 0.326 e. The molecule has 9 heteroatoms. The Labute approximate surface area is 189 Å². The van der Waals surface area contributed by atoms with E-state index in [0.29, 0.717) is 23.8 Å². The molecule has 33 heavy (non-hydrogen) atoms. The molecule has 0 aliphatic heterocycles. The van der Waals surface area contributed by atoms with Gasteiger partial charge in [0.2, 0.25) is 0 Å². The van der Waals surface area contributed by atoms with Gasteiger partial charge in [-0.2, -0.15) is 0 Å². The van der Waals surface area contributed by atoms with Gasteiger partial charge in [0.25, 0.3) is 0 Å². The number of nitrogens with zero attached hydrogens (tertiary/aromatic N) is 7. The van der Waals surface area contributed by atoms with Crippen LogP contribution < -0.4 is 5.69 Å². The van der Waals surface area contributed by atoms with Crippen LogP contribution in [0.4, 0.5) is 0 Å². The van der Waals surface area contributed by atoms with E-state index in [9.17, 15) is 4.79 Å². The second kappa shape index (κ2) is 7.33. The summed E-state index contributed by atoms with van der Waals surface area (Å²) in [6, 6.07) is 6.13. The van der Waals surface area contributed by atoms with Gasteiger partial charge in [-0.3, -0.25) is 4.57 Å². The van der Waals surface area contributed by atoms with E-state index in [1.54, 1.807) is 18.7 Å². The minimum Gasteiger partial charge on any atom is -0.309 e. The van der Waals surface area contributed by atoms with Gasteiger partial charge in [0.15, 0.2) is 5.65 Å². The van der Waals surface area contributed by atoms with Crippen LogP contribution in [0.15, 0.2) is 41.7 Å².